The molecule has 38 heavy (non-hydrogen) atoms. The van der Waals surface area contributed by atoms with Gasteiger partial charge in [-0.05, 0) is 66.8 Å². The van der Waals surface area contributed by atoms with Crippen molar-refractivity contribution in [3.63, 3.8) is 0 Å². The zero-order chi connectivity index (χ0) is 27.2. The molecular formula is C29H28ClF3N2O3. The van der Waals surface area contributed by atoms with Crippen LogP contribution in [0.2, 0.25) is 5.02 Å². The first-order valence-corrected chi connectivity index (χ1v) is 12.7. The van der Waals surface area contributed by atoms with E-state index in [1.165, 1.54) is 6.07 Å². The fraction of sp³-hybridized carbons (Fsp3) is 0.310. The van der Waals surface area contributed by atoms with Gasteiger partial charge >= 0.3 is 6.18 Å². The summed E-state index contributed by atoms with van der Waals surface area (Å²) in [5.74, 6) is 0.119. The lowest BCUT2D eigenvalue weighted by Crippen LogP contribution is -2.51. The number of likely N-dealkylation sites (tertiary alicyclic amines) is 1. The lowest BCUT2D eigenvalue weighted by atomic mass is 9.73. The number of ether oxygens (including phenoxy) is 1. The van der Waals surface area contributed by atoms with E-state index in [9.17, 15) is 22.8 Å². The number of hydrogen-bond donors (Lipinski definition) is 1. The van der Waals surface area contributed by atoms with E-state index >= 15 is 0 Å². The van der Waals surface area contributed by atoms with Crippen molar-refractivity contribution in [1.29, 1.82) is 0 Å². The van der Waals surface area contributed by atoms with Gasteiger partial charge in [-0.15, -0.1) is 0 Å². The molecule has 0 aromatic heterocycles. The monoisotopic (exact) mass is 544 g/mol. The Bertz CT molecular complexity index is 1240. The maximum absolute atomic E-state index is 13.5. The van der Waals surface area contributed by atoms with Crippen molar-refractivity contribution in [2.75, 3.05) is 19.7 Å². The quantitative estimate of drug-likeness (QED) is 0.384. The molecule has 4 rings (SSSR count). The maximum atomic E-state index is 13.5. The van der Waals surface area contributed by atoms with Gasteiger partial charge in [-0.3, -0.25) is 9.59 Å². The fourth-order valence-electron chi connectivity index (χ4n) is 4.65. The molecule has 1 aliphatic heterocycles. The Morgan fingerprint density at radius 2 is 1.58 bits per heavy atom. The zero-order valence-electron chi connectivity index (χ0n) is 20.6. The van der Waals surface area contributed by atoms with Crippen LogP contribution in [0.3, 0.4) is 0 Å². The van der Waals surface area contributed by atoms with Gasteiger partial charge in [0, 0.05) is 24.7 Å². The van der Waals surface area contributed by atoms with E-state index in [-0.39, 0.29) is 25.0 Å². The van der Waals surface area contributed by atoms with Crippen LogP contribution in [0.25, 0.3) is 0 Å². The van der Waals surface area contributed by atoms with E-state index in [1.54, 1.807) is 35.2 Å². The van der Waals surface area contributed by atoms with E-state index in [1.807, 2.05) is 30.3 Å². The Kier molecular flexibility index (Phi) is 8.62. The summed E-state index contributed by atoms with van der Waals surface area (Å²) in [6.07, 6.45) is -3.15. The van der Waals surface area contributed by atoms with Crippen molar-refractivity contribution in [2.45, 2.75) is 32.0 Å². The predicted octanol–water partition coefficient (Wildman–Crippen LogP) is 5.91. The zero-order valence-corrected chi connectivity index (χ0v) is 21.4. The van der Waals surface area contributed by atoms with Crippen molar-refractivity contribution in [3.8, 4) is 5.75 Å². The topological polar surface area (TPSA) is 58.6 Å². The molecule has 0 aliphatic carbocycles. The summed E-state index contributed by atoms with van der Waals surface area (Å²) in [7, 11) is 0. The SMILES string of the molecule is O=C(COc1ccc(Cl)cc1)N1CCC(Cc2ccccc2)(C(=O)NCc2cccc(C(F)(F)F)c2)CC1. The van der Waals surface area contributed by atoms with Crippen LogP contribution in [-0.4, -0.2) is 36.4 Å². The molecule has 0 atom stereocenters. The standard InChI is InChI=1S/C29H28ClF3N2O3/c30-24-9-11-25(12-10-24)38-20-26(36)35-15-13-28(14-16-35,18-21-5-2-1-3-6-21)27(37)34-19-22-7-4-8-23(17-22)29(31,32)33/h1-12,17H,13-16,18-20H2,(H,34,37). The number of nitrogens with one attached hydrogen (secondary N) is 1. The van der Waals surface area contributed by atoms with Gasteiger partial charge in [-0.2, -0.15) is 13.2 Å². The first-order chi connectivity index (χ1) is 18.1. The first-order valence-electron chi connectivity index (χ1n) is 12.3. The van der Waals surface area contributed by atoms with E-state index in [0.29, 0.717) is 48.7 Å². The van der Waals surface area contributed by atoms with Crippen molar-refractivity contribution in [2.24, 2.45) is 5.41 Å². The maximum Gasteiger partial charge on any atom is 0.416 e. The molecule has 0 saturated carbocycles. The summed E-state index contributed by atoms with van der Waals surface area (Å²) in [6.45, 7) is 0.588. The van der Waals surface area contributed by atoms with Crippen LogP contribution in [0.1, 0.15) is 29.5 Å². The Morgan fingerprint density at radius 3 is 2.24 bits per heavy atom. The number of nitrogens with zero attached hydrogens (tertiary/aromatic N) is 1. The summed E-state index contributed by atoms with van der Waals surface area (Å²) < 4.78 is 44.9. The number of benzene rings is 3. The smallest absolute Gasteiger partial charge is 0.416 e. The summed E-state index contributed by atoms with van der Waals surface area (Å²) in [5.41, 5.74) is -0.199. The van der Waals surface area contributed by atoms with E-state index in [0.717, 1.165) is 17.7 Å². The summed E-state index contributed by atoms with van der Waals surface area (Å²) in [6, 6.07) is 21.3. The van der Waals surface area contributed by atoms with Gasteiger partial charge < -0.3 is 15.0 Å². The number of rotatable bonds is 8. The second kappa shape index (κ2) is 11.9. The Balaban J connectivity index is 1.41. The molecule has 3 aromatic rings. The number of carbonyl (C=O) groups is 2. The van der Waals surface area contributed by atoms with Gasteiger partial charge in [-0.25, -0.2) is 0 Å². The molecule has 0 spiro atoms. The minimum Gasteiger partial charge on any atom is -0.484 e. The minimum atomic E-state index is -4.45. The van der Waals surface area contributed by atoms with Crippen LogP contribution in [0.5, 0.6) is 5.75 Å². The number of amides is 2. The summed E-state index contributed by atoms with van der Waals surface area (Å²) in [5, 5.41) is 3.43. The highest BCUT2D eigenvalue weighted by atomic mass is 35.5. The molecule has 1 saturated heterocycles. The highest BCUT2D eigenvalue weighted by molar-refractivity contribution is 6.30. The number of halogens is 4. The average Bonchev–Trinajstić information content (AvgIpc) is 2.92. The molecule has 1 N–H and O–H groups in total. The first kappa shape index (κ1) is 27.5. The number of hydrogen-bond acceptors (Lipinski definition) is 3. The van der Waals surface area contributed by atoms with Crippen molar-refractivity contribution in [3.05, 3.63) is 101 Å². The highest BCUT2D eigenvalue weighted by Gasteiger charge is 2.42. The number of piperidine rings is 1. The highest BCUT2D eigenvalue weighted by Crippen LogP contribution is 2.36. The number of alkyl halides is 3. The molecule has 9 heteroatoms. The normalized spacial score (nSPS) is 15.1. The molecule has 1 heterocycles. The minimum absolute atomic E-state index is 0.0170. The third-order valence-electron chi connectivity index (χ3n) is 6.82. The average molecular weight is 545 g/mol. The van der Waals surface area contributed by atoms with Gasteiger partial charge in [0.1, 0.15) is 5.75 Å². The third kappa shape index (κ3) is 7.07. The van der Waals surface area contributed by atoms with Gasteiger partial charge in [0.2, 0.25) is 5.91 Å². The molecule has 0 radical (unpaired) electrons. The lowest BCUT2D eigenvalue weighted by Gasteiger charge is -2.41. The molecule has 3 aromatic carbocycles. The molecule has 200 valence electrons. The van der Waals surface area contributed by atoms with Gasteiger partial charge in [0.25, 0.3) is 5.91 Å². The van der Waals surface area contributed by atoms with E-state index < -0.39 is 17.2 Å². The van der Waals surface area contributed by atoms with Gasteiger partial charge in [0.15, 0.2) is 6.61 Å². The van der Waals surface area contributed by atoms with Crippen LogP contribution in [0, 0.1) is 5.41 Å². The molecule has 1 aliphatic rings. The molecule has 2 amide bonds. The Morgan fingerprint density at radius 1 is 0.921 bits per heavy atom. The van der Waals surface area contributed by atoms with Crippen molar-refractivity contribution >= 4 is 23.4 Å². The van der Waals surface area contributed by atoms with Gasteiger partial charge in [-0.1, -0.05) is 54.1 Å². The number of carbonyl (C=O) groups excluding carboxylic acids is 2. The van der Waals surface area contributed by atoms with E-state index in [2.05, 4.69) is 5.32 Å². The predicted molar refractivity (Wildman–Crippen MR) is 139 cm³/mol. The van der Waals surface area contributed by atoms with Crippen LogP contribution in [0.15, 0.2) is 78.9 Å². The summed E-state index contributed by atoms with van der Waals surface area (Å²) in [4.78, 5) is 28.0. The Hall–Kier alpha value is -3.52. The lowest BCUT2D eigenvalue weighted by molar-refractivity contribution is -0.141. The van der Waals surface area contributed by atoms with Crippen LogP contribution >= 0.6 is 11.6 Å². The third-order valence-corrected chi connectivity index (χ3v) is 7.08. The largest absolute Gasteiger partial charge is 0.484 e. The second-order valence-electron chi connectivity index (χ2n) is 9.45. The summed E-state index contributed by atoms with van der Waals surface area (Å²) >= 11 is 5.88. The van der Waals surface area contributed by atoms with Crippen LogP contribution in [-0.2, 0) is 28.7 Å². The van der Waals surface area contributed by atoms with E-state index in [4.69, 9.17) is 16.3 Å². The second-order valence-corrected chi connectivity index (χ2v) is 9.88. The molecule has 0 unspecified atom stereocenters. The molecule has 1 fully saturated rings. The molecule has 5 nitrogen and oxygen atoms in total. The van der Waals surface area contributed by atoms with Crippen LogP contribution < -0.4 is 10.1 Å². The van der Waals surface area contributed by atoms with Gasteiger partial charge in [0.05, 0.1) is 11.0 Å². The van der Waals surface area contributed by atoms with Crippen molar-refractivity contribution in [1.82, 2.24) is 10.2 Å². The fourth-order valence-corrected chi connectivity index (χ4v) is 4.78. The van der Waals surface area contributed by atoms with Crippen molar-refractivity contribution < 1.29 is 27.5 Å². The molecular weight excluding hydrogens is 517 g/mol. The molecule has 0 bridgehead atoms. The Labute approximate surface area is 224 Å². The van der Waals surface area contributed by atoms with Crippen LogP contribution in [0.4, 0.5) is 13.2 Å².